The van der Waals surface area contributed by atoms with E-state index in [2.05, 4.69) is 11.9 Å². The van der Waals surface area contributed by atoms with Crippen molar-refractivity contribution in [3.8, 4) is 0 Å². The molecule has 0 spiro atoms. The Morgan fingerprint density at radius 1 is 1.56 bits per heavy atom. The van der Waals surface area contributed by atoms with Gasteiger partial charge in [0.05, 0.1) is 16.5 Å². The van der Waals surface area contributed by atoms with Crippen LogP contribution < -0.4 is 0 Å². The molecule has 4 nitrogen and oxygen atoms in total. The van der Waals surface area contributed by atoms with Crippen LogP contribution in [0.1, 0.15) is 37.9 Å². The predicted octanol–water partition coefficient (Wildman–Crippen LogP) is 2.45. The van der Waals surface area contributed by atoms with Crippen LogP contribution in [0.15, 0.2) is 5.38 Å². The average Bonchev–Trinajstić information content (AvgIpc) is 2.64. The van der Waals surface area contributed by atoms with Crippen molar-refractivity contribution in [2.75, 3.05) is 0 Å². The first kappa shape index (κ1) is 15.3. The highest BCUT2D eigenvalue weighted by Gasteiger charge is 2.28. The number of carboxylic acids is 1. The number of aryl methyl sites for hydroxylation is 1. The van der Waals surface area contributed by atoms with Crippen LogP contribution in [-0.4, -0.2) is 25.5 Å². The normalized spacial score (nSPS) is 14.7. The lowest BCUT2D eigenvalue weighted by molar-refractivity contribution is -0.137. The van der Waals surface area contributed by atoms with E-state index < -0.39 is 22.0 Å². The minimum atomic E-state index is -1.41. The van der Waals surface area contributed by atoms with Gasteiger partial charge in [-0.15, -0.1) is 11.3 Å². The van der Waals surface area contributed by atoms with Crippen LogP contribution in [0, 0.1) is 5.92 Å². The van der Waals surface area contributed by atoms with E-state index in [4.69, 9.17) is 5.11 Å². The van der Waals surface area contributed by atoms with Gasteiger partial charge in [-0.1, -0.05) is 20.8 Å². The van der Waals surface area contributed by atoms with Crippen LogP contribution in [0.25, 0.3) is 0 Å². The van der Waals surface area contributed by atoms with Gasteiger partial charge >= 0.3 is 5.97 Å². The van der Waals surface area contributed by atoms with Crippen LogP contribution in [0.3, 0.4) is 0 Å². The maximum absolute atomic E-state index is 12.1. The predicted molar refractivity (Wildman–Crippen MR) is 74.2 cm³/mol. The molecule has 18 heavy (non-hydrogen) atoms. The zero-order chi connectivity index (χ0) is 13.7. The molecule has 1 aromatic rings. The van der Waals surface area contributed by atoms with Crippen LogP contribution in [0.4, 0.5) is 0 Å². The molecule has 0 saturated heterocycles. The average molecular weight is 289 g/mol. The number of rotatable bonds is 7. The number of aromatic nitrogens is 1. The quantitative estimate of drug-likeness (QED) is 0.837. The highest BCUT2D eigenvalue weighted by atomic mass is 32.2. The number of thiazole rings is 1. The summed E-state index contributed by atoms with van der Waals surface area (Å²) in [5.74, 6) is -0.903. The smallest absolute Gasteiger partial charge is 0.319 e. The Balaban J connectivity index is 2.70. The van der Waals surface area contributed by atoms with E-state index in [1.54, 1.807) is 25.2 Å². The van der Waals surface area contributed by atoms with E-state index in [1.807, 2.05) is 5.38 Å². The summed E-state index contributed by atoms with van der Waals surface area (Å²) in [7, 11) is -1.41. The molecule has 1 heterocycles. The third kappa shape index (κ3) is 4.17. The van der Waals surface area contributed by atoms with Crippen molar-refractivity contribution in [3.63, 3.8) is 0 Å². The van der Waals surface area contributed by atoms with Gasteiger partial charge in [-0.05, 0) is 18.8 Å². The molecule has 0 unspecified atom stereocenters. The van der Waals surface area contributed by atoms with Gasteiger partial charge in [0, 0.05) is 16.2 Å². The molecule has 2 atom stereocenters. The summed E-state index contributed by atoms with van der Waals surface area (Å²) in [6.45, 7) is 5.64. The second kappa shape index (κ2) is 6.99. The van der Waals surface area contributed by atoms with Crippen molar-refractivity contribution in [2.45, 2.75) is 44.6 Å². The molecule has 1 aromatic heterocycles. The Bertz CT molecular complexity index is 429. The fraction of sp³-hybridized carbons (Fsp3) is 0.667. The monoisotopic (exact) mass is 289 g/mol. The Hall–Kier alpha value is -0.750. The van der Waals surface area contributed by atoms with Gasteiger partial charge in [-0.2, -0.15) is 0 Å². The van der Waals surface area contributed by atoms with Crippen molar-refractivity contribution in [1.29, 1.82) is 0 Å². The van der Waals surface area contributed by atoms with Crippen molar-refractivity contribution in [3.05, 3.63) is 16.1 Å². The highest BCUT2D eigenvalue weighted by Crippen LogP contribution is 2.17. The largest absolute Gasteiger partial charge is 0.480 e. The summed E-state index contributed by atoms with van der Waals surface area (Å²) in [5, 5.41) is 11.2. The Morgan fingerprint density at radius 3 is 2.72 bits per heavy atom. The molecule has 0 fully saturated rings. The van der Waals surface area contributed by atoms with Gasteiger partial charge < -0.3 is 5.11 Å². The molecule has 0 aliphatic carbocycles. The van der Waals surface area contributed by atoms with Gasteiger partial charge in [0.25, 0.3) is 0 Å². The Kier molecular flexibility index (Phi) is 5.95. The molecule has 1 rings (SSSR count). The van der Waals surface area contributed by atoms with Gasteiger partial charge in [0.15, 0.2) is 0 Å². The molecule has 0 aliphatic heterocycles. The van der Waals surface area contributed by atoms with Crippen LogP contribution in [-0.2, 0) is 27.8 Å². The van der Waals surface area contributed by atoms with E-state index in [1.165, 1.54) is 0 Å². The third-order valence-electron chi connectivity index (χ3n) is 2.49. The fourth-order valence-electron chi connectivity index (χ4n) is 1.68. The Morgan fingerprint density at radius 2 is 2.22 bits per heavy atom. The number of carboxylic acid groups (broad SMARTS) is 1. The molecule has 0 bridgehead atoms. The SMILES string of the molecule is CCCc1nc(C[S@](=O)[C@H](C(=O)O)C(C)C)cs1. The first-order valence-electron chi connectivity index (χ1n) is 5.99. The summed E-state index contributed by atoms with van der Waals surface area (Å²) in [4.78, 5) is 15.4. The molecule has 6 heteroatoms. The van der Waals surface area contributed by atoms with Gasteiger partial charge in [0.1, 0.15) is 5.25 Å². The highest BCUT2D eigenvalue weighted by molar-refractivity contribution is 7.85. The lowest BCUT2D eigenvalue weighted by Crippen LogP contribution is -2.31. The van der Waals surface area contributed by atoms with Gasteiger partial charge in [-0.3, -0.25) is 9.00 Å². The molecule has 0 aliphatic rings. The first-order chi connectivity index (χ1) is 8.45. The molecule has 102 valence electrons. The number of hydrogen-bond donors (Lipinski definition) is 1. The summed E-state index contributed by atoms with van der Waals surface area (Å²) >= 11 is 1.55. The van der Waals surface area contributed by atoms with Crippen LogP contribution in [0.5, 0.6) is 0 Å². The third-order valence-corrected chi connectivity index (χ3v) is 5.34. The minimum absolute atomic E-state index is 0.142. The number of carbonyl (C=O) groups is 1. The number of nitrogens with zero attached hydrogens (tertiary/aromatic N) is 1. The molecular weight excluding hydrogens is 270 g/mol. The maximum atomic E-state index is 12.1. The summed E-state index contributed by atoms with van der Waals surface area (Å²) < 4.78 is 12.1. The maximum Gasteiger partial charge on any atom is 0.319 e. The zero-order valence-electron chi connectivity index (χ0n) is 10.9. The zero-order valence-corrected chi connectivity index (χ0v) is 12.5. The lowest BCUT2D eigenvalue weighted by Gasteiger charge is -2.14. The van der Waals surface area contributed by atoms with Gasteiger partial charge in [0.2, 0.25) is 0 Å². The van der Waals surface area contributed by atoms with E-state index in [-0.39, 0.29) is 11.7 Å². The molecular formula is C12H19NO3S2. The summed E-state index contributed by atoms with van der Waals surface area (Å²) in [6, 6.07) is 0. The van der Waals surface area contributed by atoms with Crippen molar-refractivity contribution >= 4 is 28.1 Å². The summed E-state index contributed by atoms with van der Waals surface area (Å²) in [6.07, 6.45) is 1.95. The topological polar surface area (TPSA) is 67.3 Å². The fourth-order valence-corrected chi connectivity index (χ4v) is 4.14. The molecule has 1 N–H and O–H groups in total. The van der Waals surface area contributed by atoms with E-state index in [0.29, 0.717) is 0 Å². The molecule has 0 radical (unpaired) electrons. The van der Waals surface area contributed by atoms with Crippen molar-refractivity contribution in [1.82, 2.24) is 4.98 Å². The molecule has 0 amide bonds. The minimum Gasteiger partial charge on any atom is -0.480 e. The molecule has 0 saturated carbocycles. The van der Waals surface area contributed by atoms with Crippen LogP contribution in [0.2, 0.25) is 0 Å². The first-order valence-corrected chi connectivity index (χ1v) is 8.25. The van der Waals surface area contributed by atoms with E-state index in [9.17, 15) is 9.00 Å². The van der Waals surface area contributed by atoms with E-state index in [0.717, 1.165) is 23.5 Å². The number of hydrogen-bond acceptors (Lipinski definition) is 4. The Labute approximate surface area is 114 Å². The van der Waals surface area contributed by atoms with Gasteiger partial charge in [-0.25, -0.2) is 4.98 Å². The van der Waals surface area contributed by atoms with E-state index >= 15 is 0 Å². The second-order valence-electron chi connectivity index (χ2n) is 4.51. The van der Waals surface area contributed by atoms with Crippen molar-refractivity contribution < 1.29 is 14.1 Å². The lowest BCUT2D eigenvalue weighted by atomic mass is 10.1. The summed E-state index contributed by atoms with van der Waals surface area (Å²) in [5.41, 5.74) is 0.744. The molecule has 0 aromatic carbocycles. The number of aliphatic carboxylic acids is 1. The van der Waals surface area contributed by atoms with Crippen LogP contribution >= 0.6 is 11.3 Å². The van der Waals surface area contributed by atoms with Crippen molar-refractivity contribution in [2.24, 2.45) is 5.92 Å². The standard InChI is InChI=1S/C12H19NO3S2/c1-4-5-10-13-9(6-17-10)7-18(16)11(8(2)3)12(14)15/h6,8,11H,4-5,7H2,1-3H3,(H,14,15)/t11-,18-/m0/s1. The second-order valence-corrected chi connectivity index (χ2v) is 7.01.